The lowest BCUT2D eigenvalue weighted by Gasteiger charge is -2.44. The van der Waals surface area contributed by atoms with Gasteiger partial charge in [-0.05, 0) is 66.5 Å². The molecule has 0 N–H and O–H groups in total. The SMILES string of the molecule is COc1ccc(F)cc1-n1cnc2c(ncn2[C@@H]2O[C@H](CO[Si](C)(C)C(C)(C)C)[C@@H](O[Si](C)(C)C(C)(C)C)[C@H]2O[Si](C)(C)C(C)(C)C)c1=O. The first kappa shape index (κ1) is 39.6. The molecule has 14 heteroatoms. The van der Waals surface area contributed by atoms with Gasteiger partial charge in [-0.2, -0.15) is 0 Å². The van der Waals surface area contributed by atoms with Crippen LogP contribution in [-0.2, 0) is 18.0 Å². The minimum absolute atomic E-state index is 0.00650. The van der Waals surface area contributed by atoms with Gasteiger partial charge < -0.3 is 22.8 Å². The van der Waals surface area contributed by atoms with E-state index < -0.39 is 60.9 Å². The number of aromatic nitrogens is 4. The van der Waals surface area contributed by atoms with Gasteiger partial charge in [0.05, 0.1) is 25.7 Å². The fraction of sp³-hybridized carbons (Fsp3) is 0.686. The average Bonchev–Trinajstić information content (AvgIpc) is 3.51. The van der Waals surface area contributed by atoms with Crippen molar-refractivity contribution >= 4 is 36.1 Å². The number of hydrogen-bond acceptors (Lipinski definition) is 8. The summed E-state index contributed by atoms with van der Waals surface area (Å²) in [4.78, 5) is 23.1. The molecule has 2 aromatic heterocycles. The highest BCUT2D eigenvalue weighted by Gasteiger charge is 2.55. The molecule has 274 valence electrons. The average molecular weight is 735 g/mol. The highest BCUT2D eigenvalue weighted by Crippen LogP contribution is 2.47. The zero-order valence-corrected chi connectivity index (χ0v) is 35.5. The molecule has 0 amide bonds. The molecule has 10 nitrogen and oxygen atoms in total. The van der Waals surface area contributed by atoms with Crippen LogP contribution in [0, 0.1) is 5.82 Å². The summed E-state index contributed by atoms with van der Waals surface area (Å²) in [5.41, 5.74) is 0.228. The Morgan fingerprint density at radius 1 is 0.816 bits per heavy atom. The van der Waals surface area contributed by atoms with E-state index >= 15 is 0 Å². The topological polar surface area (TPSA) is 98.9 Å². The Labute approximate surface area is 295 Å². The molecule has 4 rings (SSSR count). The molecule has 4 atom stereocenters. The fourth-order valence-electron chi connectivity index (χ4n) is 5.00. The minimum atomic E-state index is -2.40. The van der Waals surface area contributed by atoms with Crippen molar-refractivity contribution in [3.05, 3.63) is 47.0 Å². The molecular weight excluding hydrogens is 676 g/mol. The van der Waals surface area contributed by atoms with Gasteiger partial charge in [-0.1, -0.05) is 62.3 Å². The number of ether oxygens (including phenoxy) is 2. The maximum Gasteiger partial charge on any atom is 0.286 e. The fourth-order valence-corrected chi connectivity index (χ4v) is 8.61. The van der Waals surface area contributed by atoms with Crippen LogP contribution in [0.1, 0.15) is 68.5 Å². The van der Waals surface area contributed by atoms with Crippen molar-refractivity contribution in [2.75, 3.05) is 13.7 Å². The molecule has 0 radical (unpaired) electrons. The number of rotatable bonds is 10. The zero-order chi connectivity index (χ0) is 37.1. The second kappa shape index (κ2) is 13.4. The molecule has 0 unspecified atom stereocenters. The van der Waals surface area contributed by atoms with Crippen molar-refractivity contribution in [2.45, 2.75) is 141 Å². The molecule has 3 heterocycles. The number of benzene rings is 1. The van der Waals surface area contributed by atoms with Gasteiger partial charge in [0.1, 0.15) is 36.2 Å². The van der Waals surface area contributed by atoms with Crippen LogP contribution >= 0.6 is 0 Å². The molecule has 1 aromatic carbocycles. The largest absolute Gasteiger partial charge is 0.495 e. The maximum absolute atomic E-state index is 14.3. The second-order valence-corrected chi connectivity index (χ2v) is 32.2. The Morgan fingerprint density at radius 2 is 1.37 bits per heavy atom. The van der Waals surface area contributed by atoms with E-state index in [1.54, 1.807) is 10.9 Å². The molecule has 3 aromatic rings. The van der Waals surface area contributed by atoms with Crippen molar-refractivity contribution in [1.29, 1.82) is 0 Å². The van der Waals surface area contributed by atoms with E-state index in [0.29, 0.717) is 18.0 Å². The summed E-state index contributed by atoms with van der Waals surface area (Å²) >= 11 is 0. The van der Waals surface area contributed by atoms with E-state index in [9.17, 15) is 9.18 Å². The number of methoxy groups -OCH3 is 1. The van der Waals surface area contributed by atoms with Gasteiger partial charge in [0.25, 0.3) is 5.56 Å². The quantitative estimate of drug-likeness (QED) is 0.192. The molecule has 49 heavy (non-hydrogen) atoms. The highest BCUT2D eigenvalue weighted by molar-refractivity contribution is 6.75. The molecular formula is C35H59FN4O6Si3. The third-order valence-electron chi connectivity index (χ3n) is 11.3. The van der Waals surface area contributed by atoms with Gasteiger partial charge in [0.2, 0.25) is 0 Å². The molecule has 0 bridgehead atoms. The summed E-state index contributed by atoms with van der Waals surface area (Å²) in [6.07, 6.45) is 0.831. The van der Waals surface area contributed by atoms with Gasteiger partial charge >= 0.3 is 0 Å². The van der Waals surface area contributed by atoms with E-state index in [1.807, 2.05) is 0 Å². The van der Waals surface area contributed by atoms with Crippen LogP contribution in [0.3, 0.4) is 0 Å². The zero-order valence-electron chi connectivity index (χ0n) is 32.5. The standard InChI is InChI=1S/C35H59FN4O6Si3/c1-33(2,3)47(11,12)43-20-26-28(45-48(13,14)34(4,5)6)29(46-49(15,16)35(7,8)9)32(44-26)40-21-37-27-30(40)38-22-39(31(27)41)24-19-23(36)17-18-25(24)42-10/h17-19,21-22,26,28-29,32H,20H2,1-16H3/t26-,28-,29-,32-/m1/s1. The summed E-state index contributed by atoms with van der Waals surface area (Å²) in [5.74, 6) is -0.168. The summed E-state index contributed by atoms with van der Waals surface area (Å²) in [6, 6.07) is 3.99. The first-order valence-electron chi connectivity index (χ1n) is 17.2. The van der Waals surface area contributed by atoms with Crippen LogP contribution in [0.5, 0.6) is 5.75 Å². The highest BCUT2D eigenvalue weighted by atomic mass is 28.4. The van der Waals surface area contributed by atoms with Crippen molar-refractivity contribution in [3.8, 4) is 11.4 Å². The van der Waals surface area contributed by atoms with Crippen molar-refractivity contribution in [3.63, 3.8) is 0 Å². The minimum Gasteiger partial charge on any atom is -0.495 e. The Hall–Kier alpha value is -2.21. The van der Waals surface area contributed by atoms with Crippen LogP contribution in [0.15, 0.2) is 35.6 Å². The summed E-state index contributed by atoms with van der Waals surface area (Å²) in [6.45, 7) is 33.7. The van der Waals surface area contributed by atoms with Gasteiger partial charge in [-0.15, -0.1) is 0 Å². The van der Waals surface area contributed by atoms with E-state index in [2.05, 4.69) is 107 Å². The smallest absolute Gasteiger partial charge is 0.286 e. The van der Waals surface area contributed by atoms with E-state index in [-0.39, 0.29) is 26.3 Å². The van der Waals surface area contributed by atoms with Gasteiger partial charge in [0, 0.05) is 6.07 Å². The van der Waals surface area contributed by atoms with Crippen LogP contribution in [0.25, 0.3) is 16.9 Å². The Balaban J connectivity index is 1.88. The Bertz CT molecular complexity index is 1700. The predicted molar refractivity (Wildman–Crippen MR) is 201 cm³/mol. The molecule has 1 aliphatic heterocycles. The molecule has 0 aliphatic carbocycles. The summed E-state index contributed by atoms with van der Waals surface area (Å²) in [5, 5.41) is -0.155. The van der Waals surface area contributed by atoms with Crippen LogP contribution < -0.4 is 10.3 Å². The van der Waals surface area contributed by atoms with Gasteiger partial charge in [-0.3, -0.25) is 13.9 Å². The lowest BCUT2D eigenvalue weighted by molar-refractivity contribution is -0.0470. The van der Waals surface area contributed by atoms with E-state index in [1.165, 1.54) is 36.2 Å². The van der Waals surface area contributed by atoms with Crippen LogP contribution in [0.2, 0.25) is 54.4 Å². The Kier molecular flexibility index (Phi) is 10.8. The molecule has 1 aliphatic rings. The third kappa shape index (κ3) is 7.85. The van der Waals surface area contributed by atoms with E-state index in [0.717, 1.165) is 0 Å². The van der Waals surface area contributed by atoms with Gasteiger partial charge in [0.15, 0.2) is 42.3 Å². The van der Waals surface area contributed by atoms with E-state index in [4.69, 9.17) is 27.7 Å². The van der Waals surface area contributed by atoms with Crippen LogP contribution in [0.4, 0.5) is 4.39 Å². The normalized spacial score (nSPS) is 21.5. The first-order chi connectivity index (χ1) is 22.2. The number of hydrogen-bond donors (Lipinski definition) is 0. The number of imidazole rings is 1. The second-order valence-electron chi connectivity index (χ2n) is 17.9. The number of nitrogens with zero attached hydrogens (tertiary/aromatic N) is 4. The van der Waals surface area contributed by atoms with Crippen LogP contribution in [-0.4, -0.2) is 76.1 Å². The molecule has 0 saturated carbocycles. The monoisotopic (exact) mass is 734 g/mol. The summed E-state index contributed by atoms with van der Waals surface area (Å²) in [7, 11) is -5.43. The predicted octanol–water partition coefficient (Wildman–Crippen LogP) is 8.43. The maximum atomic E-state index is 14.3. The molecule has 1 saturated heterocycles. The number of halogens is 1. The van der Waals surface area contributed by atoms with Gasteiger partial charge in [-0.25, -0.2) is 14.4 Å². The molecule has 0 spiro atoms. The summed E-state index contributed by atoms with van der Waals surface area (Å²) < 4.78 is 51.0. The lowest BCUT2D eigenvalue weighted by atomic mass is 10.1. The number of fused-ring (bicyclic) bond motifs is 1. The van der Waals surface area contributed by atoms with Crippen molar-refractivity contribution < 1.29 is 27.1 Å². The third-order valence-corrected chi connectivity index (χ3v) is 24.8. The van der Waals surface area contributed by atoms with Crippen molar-refractivity contribution in [1.82, 2.24) is 19.1 Å². The lowest BCUT2D eigenvalue weighted by Crippen LogP contribution is -2.54. The van der Waals surface area contributed by atoms with Crippen molar-refractivity contribution in [2.24, 2.45) is 0 Å². The Morgan fingerprint density at radius 3 is 1.90 bits per heavy atom. The molecule has 1 fully saturated rings. The first-order valence-corrected chi connectivity index (χ1v) is 25.9.